The van der Waals surface area contributed by atoms with Crippen LogP contribution in [0, 0.1) is 18.2 Å². The first-order chi connectivity index (χ1) is 7.86. The van der Waals surface area contributed by atoms with Gasteiger partial charge in [-0.3, -0.25) is 10.2 Å². The number of rotatable bonds is 4. The van der Waals surface area contributed by atoms with E-state index in [1.807, 2.05) is 6.92 Å². The number of ether oxygens (including phenoxy) is 1. The molecule has 0 aliphatic heterocycles. The fourth-order valence-corrected chi connectivity index (χ4v) is 1.25. The fraction of sp³-hybridized carbons (Fsp3) is 0.417. The predicted octanol–water partition coefficient (Wildman–Crippen LogP) is 1.53. The van der Waals surface area contributed by atoms with Crippen LogP contribution in [0.4, 0.5) is 4.39 Å². The van der Waals surface area contributed by atoms with Crippen molar-refractivity contribution in [3.63, 3.8) is 0 Å². The second-order valence-corrected chi connectivity index (χ2v) is 4.56. The van der Waals surface area contributed by atoms with Crippen molar-refractivity contribution < 1.29 is 13.9 Å². The van der Waals surface area contributed by atoms with E-state index in [2.05, 4.69) is 5.43 Å². The molecule has 0 aromatic heterocycles. The average Bonchev–Trinajstić information content (AvgIpc) is 2.29. The Morgan fingerprint density at radius 2 is 2.18 bits per heavy atom. The lowest BCUT2D eigenvalue weighted by Gasteiger charge is -2.23. The van der Waals surface area contributed by atoms with Gasteiger partial charge in [-0.1, -0.05) is 6.07 Å². The maximum atomic E-state index is 13.0. The number of hydrogen-bond acceptors (Lipinski definition) is 3. The van der Waals surface area contributed by atoms with E-state index < -0.39 is 5.41 Å². The van der Waals surface area contributed by atoms with E-state index in [1.165, 1.54) is 12.1 Å². The molecule has 0 aliphatic rings. The molecule has 0 aliphatic carbocycles. The molecule has 3 N–H and O–H groups in total. The van der Waals surface area contributed by atoms with Crippen LogP contribution in [-0.4, -0.2) is 12.5 Å². The average molecular weight is 240 g/mol. The first-order valence-corrected chi connectivity index (χ1v) is 5.27. The number of amides is 1. The molecule has 5 heteroatoms. The number of aryl methyl sites for hydroxylation is 1. The molecule has 0 heterocycles. The monoisotopic (exact) mass is 240 g/mol. The van der Waals surface area contributed by atoms with Crippen LogP contribution in [0.1, 0.15) is 19.4 Å². The Bertz CT molecular complexity index is 419. The number of hydrazine groups is 1. The van der Waals surface area contributed by atoms with Crippen LogP contribution < -0.4 is 16.0 Å². The van der Waals surface area contributed by atoms with E-state index in [0.29, 0.717) is 5.75 Å². The Balaban J connectivity index is 2.73. The molecule has 0 spiro atoms. The first-order valence-electron chi connectivity index (χ1n) is 5.27. The lowest BCUT2D eigenvalue weighted by Crippen LogP contribution is -2.44. The number of nitrogens with two attached hydrogens (primary N) is 1. The zero-order valence-corrected chi connectivity index (χ0v) is 10.2. The lowest BCUT2D eigenvalue weighted by molar-refractivity contribution is -0.130. The highest BCUT2D eigenvalue weighted by Crippen LogP contribution is 2.22. The lowest BCUT2D eigenvalue weighted by atomic mass is 9.94. The molecule has 1 amide bonds. The van der Waals surface area contributed by atoms with E-state index in [-0.39, 0.29) is 18.3 Å². The second kappa shape index (κ2) is 5.14. The van der Waals surface area contributed by atoms with Crippen molar-refractivity contribution in [3.8, 4) is 5.75 Å². The Hall–Kier alpha value is -1.62. The molecule has 0 bridgehead atoms. The number of carbonyl (C=O) groups excluding carboxylic acids is 1. The molecule has 0 saturated carbocycles. The van der Waals surface area contributed by atoms with Gasteiger partial charge in [0, 0.05) is 6.07 Å². The van der Waals surface area contributed by atoms with Crippen molar-refractivity contribution in [2.24, 2.45) is 11.3 Å². The van der Waals surface area contributed by atoms with Crippen LogP contribution in [0.25, 0.3) is 0 Å². The van der Waals surface area contributed by atoms with Crippen molar-refractivity contribution >= 4 is 5.91 Å². The molecular formula is C12H17FN2O2. The second-order valence-electron chi connectivity index (χ2n) is 4.56. The van der Waals surface area contributed by atoms with Crippen molar-refractivity contribution in [3.05, 3.63) is 29.6 Å². The molecule has 4 nitrogen and oxygen atoms in total. The first kappa shape index (κ1) is 13.4. The van der Waals surface area contributed by atoms with Crippen molar-refractivity contribution in [1.29, 1.82) is 0 Å². The summed E-state index contributed by atoms with van der Waals surface area (Å²) in [6.07, 6.45) is 0. The molecule has 0 radical (unpaired) electrons. The molecule has 1 aromatic rings. The molecule has 1 aromatic carbocycles. The van der Waals surface area contributed by atoms with E-state index in [4.69, 9.17) is 10.6 Å². The summed E-state index contributed by atoms with van der Waals surface area (Å²) >= 11 is 0. The van der Waals surface area contributed by atoms with Gasteiger partial charge in [0.15, 0.2) is 0 Å². The summed E-state index contributed by atoms with van der Waals surface area (Å²) in [6.45, 7) is 5.33. The van der Waals surface area contributed by atoms with Crippen molar-refractivity contribution in [2.45, 2.75) is 20.8 Å². The van der Waals surface area contributed by atoms with Gasteiger partial charge >= 0.3 is 0 Å². The maximum absolute atomic E-state index is 13.0. The number of benzene rings is 1. The standard InChI is InChI=1S/C12H17FN2O2/c1-8-4-5-9(13)6-10(8)17-7-12(2,3)11(16)15-14/h4-6H,7,14H2,1-3H3,(H,15,16). The summed E-state index contributed by atoms with van der Waals surface area (Å²) in [5.74, 6) is 4.80. The summed E-state index contributed by atoms with van der Waals surface area (Å²) in [6, 6.07) is 4.28. The molecule has 1 rings (SSSR count). The summed E-state index contributed by atoms with van der Waals surface area (Å²) in [7, 11) is 0. The Kier molecular flexibility index (Phi) is 4.07. The SMILES string of the molecule is Cc1ccc(F)cc1OCC(C)(C)C(=O)NN. The van der Waals surface area contributed by atoms with Gasteiger partial charge in [-0.2, -0.15) is 0 Å². The van der Waals surface area contributed by atoms with Crippen LogP contribution in [0.3, 0.4) is 0 Å². The minimum absolute atomic E-state index is 0.125. The van der Waals surface area contributed by atoms with Crippen LogP contribution in [-0.2, 0) is 4.79 Å². The Labute approximate surface area is 99.9 Å². The van der Waals surface area contributed by atoms with Gasteiger partial charge in [-0.25, -0.2) is 10.2 Å². The van der Waals surface area contributed by atoms with Gasteiger partial charge < -0.3 is 4.74 Å². The Morgan fingerprint density at radius 1 is 1.53 bits per heavy atom. The third-order valence-electron chi connectivity index (χ3n) is 2.48. The third kappa shape index (κ3) is 3.42. The smallest absolute Gasteiger partial charge is 0.242 e. The van der Waals surface area contributed by atoms with E-state index >= 15 is 0 Å². The van der Waals surface area contributed by atoms with Crippen LogP contribution in [0.5, 0.6) is 5.75 Å². The molecule has 94 valence electrons. The molecule has 0 unspecified atom stereocenters. The van der Waals surface area contributed by atoms with E-state index in [9.17, 15) is 9.18 Å². The van der Waals surface area contributed by atoms with E-state index in [1.54, 1.807) is 19.9 Å². The quantitative estimate of drug-likeness (QED) is 0.476. The number of carbonyl (C=O) groups is 1. The van der Waals surface area contributed by atoms with Crippen molar-refractivity contribution in [1.82, 2.24) is 5.43 Å². The van der Waals surface area contributed by atoms with Crippen LogP contribution >= 0.6 is 0 Å². The highest BCUT2D eigenvalue weighted by molar-refractivity contribution is 5.81. The van der Waals surface area contributed by atoms with Gasteiger partial charge in [0.1, 0.15) is 18.2 Å². The van der Waals surface area contributed by atoms with Crippen LogP contribution in [0.2, 0.25) is 0 Å². The molecule has 0 atom stereocenters. The van der Waals surface area contributed by atoms with Crippen molar-refractivity contribution in [2.75, 3.05) is 6.61 Å². The highest BCUT2D eigenvalue weighted by atomic mass is 19.1. The van der Waals surface area contributed by atoms with E-state index in [0.717, 1.165) is 5.56 Å². The number of halogens is 1. The molecule has 0 saturated heterocycles. The van der Waals surface area contributed by atoms with Crippen LogP contribution in [0.15, 0.2) is 18.2 Å². The topological polar surface area (TPSA) is 64.3 Å². The minimum atomic E-state index is -0.770. The highest BCUT2D eigenvalue weighted by Gasteiger charge is 2.28. The zero-order chi connectivity index (χ0) is 13.1. The normalized spacial score (nSPS) is 11.1. The maximum Gasteiger partial charge on any atom is 0.242 e. The predicted molar refractivity (Wildman–Crippen MR) is 62.7 cm³/mol. The number of hydrogen-bond donors (Lipinski definition) is 2. The molecular weight excluding hydrogens is 223 g/mol. The molecule has 0 fully saturated rings. The van der Waals surface area contributed by atoms with Gasteiger partial charge in [-0.15, -0.1) is 0 Å². The Morgan fingerprint density at radius 3 is 2.76 bits per heavy atom. The minimum Gasteiger partial charge on any atom is -0.492 e. The van der Waals surface area contributed by atoms with Gasteiger partial charge in [0.25, 0.3) is 0 Å². The zero-order valence-electron chi connectivity index (χ0n) is 10.2. The number of nitrogens with one attached hydrogen (secondary N) is 1. The summed E-state index contributed by atoms with van der Waals surface area (Å²) in [5, 5.41) is 0. The van der Waals surface area contributed by atoms with Gasteiger partial charge in [0.05, 0.1) is 5.41 Å². The van der Waals surface area contributed by atoms with Gasteiger partial charge in [-0.05, 0) is 32.4 Å². The molecule has 17 heavy (non-hydrogen) atoms. The summed E-state index contributed by atoms with van der Waals surface area (Å²) in [4.78, 5) is 11.4. The fourth-order valence-electron chi connectivity index (χ4n) is 1.25. The summed E-state index contributed by atoms with van der Waals surface area (Å²) < 4.78 is 18.5. The third-order valence-corrected chi connectivity index (χ3v) is 2.48. The largest absolute Gasteiger partial charge is 0.492 e. The van der Waals surface area contributed by atoms with Gasteiger partial charge in [0.2, 0.25) is 5.91 Å². The summed E-state index contributed by atoms with van der Waals surface area (Å²) in [5.41, 5.74) is 2.12.